The zero-order valence-corrected chi connectivity index (χ0v) is 11.7. The highest BCUT2D eigenvalue weighted by Gasteiger charge is 2.05. The minimum absolute atomic E-state index is 0.415. The van der Waals surface area contributed by atoms with Gasteiger partial charge in [0.1, 0.15) is 0 Å². The van der Waals surface area contributed by atoms with Crippen molar-refractivity contribution in [2.75, 3.05) is 13.7 Å². The third-order valence-electron chi connectivity index (χ3n) is 2.61. The second-order valence-corrected chi connectivity index (χ2v) is 4.25. The predicted molar refractivity (Wildman–Crippen MR) is 75.2 cm³/mol. The third-order valence-corrected chi connectivity index (χ3v) is 2.61. The molecule has 0 spiro atoms. The van der Waals surface area contributed by atoms with Crippen LogP contribution < -0.4 is 5.48 Å². The fourth-order valence-electron chi connectivity index (χ4n) is 1.43. The van der Waals surface area contributed by atoms with Crippen LogP contribution in [0.2, 0.25) is 0 Å². The monoisotopic (exact) mass is 263 g/mol. The summed E-state index contributed by atoms with van der Waals surface area (Å²) in [6.45, 7) is 4.70. The molecule has 19 heavy (non-hydrogen) atoms. The molecule has 0 amide bonds. The summed E-state index contributed by atoms with van der Waals surface area (Å²) >= 11 is 0. The molecule has 4 heteroatoms. The normalized spacial score (nSPS) is 11.2. The van der Waals surface area contributed by atoms with Gasteiger partial charge in [-0.3, -0.25) is 10.3 Å². The number of ether oxygens (including phenoxy) is 1. The summed E-state index contributed by atoms with van der Waals surface area (Å²) in [6, 6.07) is 7.82. The van der Waals surface area contributed by atoms with Gasteiger partial charge in [-0.1, -0.05) is 43.2 Å². The third kappa shape index (κ3) is 5.57. The van der Waals surface area contributed by atoms with E-state index >= 15 is 0 Å². The Labute approximate surface area is 114 Å². The smallest absolute Gasteiger partial charge is 0.332 e. The molecule has 0 aliphatic rings. The number of aryl methyl sites for hydroxylation is 1. The maximum absolute atomic E-state index is 11.4. The molecule has 104 valence electrons. The van der Waals surface area contributed by atoms with E-state index < -0.39 is 5.97 Å². The quantitative estimate of drug-likeness (QED) is 0.356. The molecule has 1 rings (SSSR count). The molecule has 0 aliphatic heterocycles. The zero-order valence-electron chi connectivity index (χ0n) is 11.7. The number of rotatable bonds is 7. The van der Waals surface area contributed by atoms with E-state index in [-0.39, 0.29) is 0 Å². The van der Waals surface area contributed by atoms with Crippen molar-refractivity contribution >= 4 is 11.7 Å². The van der Waals surface area contributed by atoms with Gasteiger partial charge in [-0.15, -0.1) is 0 Å². The first-order valence-electron chi connectivity index (χ1n) is 6.42. The van der Waals surface area contributed by atoms with Crippen LogP contribution in [0.3, 0.4) is 0 Å². The Morgan fingerprint density at radius 3 is 2.58 bits per heavy atom. The number of esters is 1. The summed E-state index contributed by atoms with van der Waals surface area (Å²) in [5.74, 6) is -0.415. The molecule has 0 fully saturated rings. The summed E-state index contributed by atoms with van der Waals surface area (Å²) in [5.41, 5.74) is 5.46. The van der Waals surface area contributed by atoms with Crippen LogP contribution >= 0.6 is 0 Å². The molecular formula is C15H21NO3. The lowest BCUT2D eigenvalue weighted by atomic mass is 10.1. The Morgan fingerprint density at radius 1 is 1.32 bits per heavy atom. The van der Waals surface area contributed by atoms with Crippen LogP contribution in [0.1, 0.15) is 30.9 Å². The van der Waals surface area contributed by atoms with Gasteiger partial charge in [-0.05, 0) is 13.3 Å². The summed E-state index contributed by atoms with van der Waals surface area (Å²) in [6.07, 6.45) is 3.41. The molecule has 0 saturated carbocycles. The Balaban J connectivity index is 2.77. The average molecular weight is 263 g/mol. The first kappa shape index (κ1) is 15.2. The first-order valence-corrected chi connectivity index (χ1v) is 6.42. The Hall–Kier alpha value is -1.81. The lowest BCUT2D eigenvalue weighted by Gasteiger charge is -2.11. The predicted octanol–water partition coefficient (Wildman–Crippen LogP) is 2.83. The van der Waals surface area contributed by atoms with E-state index in [4.69, 9.17) is 4.84 Å². The minimum Gasteiger partial charge on any atom is -0.466 e. The lowest BCUT2D eigenvalue weighted by molar-refractivity contribution is -0.134. The number of nitrogens with one attached hydrogen (secondary N) is 1. The van der Waals surface area contributed by atoms with E-state index in [9.17, 15) is 4.79 Å². The number of hydroxylamine groups is 1. The molecule has 1 N–H and O–H groups in total. The van der Waals surface area contributed by atoms with Crippen LogP contribution in [0.4, 0.5) is 0 Å². The number of carbonyl (C=O) groups is 1. The fraction of sp³-hybridized carbons (Fsp3) is 0.400. The molecule has 0 unspecified atom stereocenters. The van der Waals surface area contributed by atoms with Crippen molar-refractivity contribution < 1.29 is 14.4 Å². The Bertz CT molecular complexity index is 424. The van der Waals surface area contributed by atoms with Gasteiger partial charge in [-0.2, -0.15) is 0 Å². The highest BCUT2D eigenvalue weighted by Crippen LogP contribution is 2.13. The van der Waals surface area contributed by atoms with Gasteiger partial charge in [0, 0.05) is 11.6 Å². The van der Waals surface area contributed by atoms with Gasteiger partial charge < -0.3 is 4.74 Å². The molecule has 0 aliphatic carbocycles. The van der Waals surface area contributed by atoms with Crippen molar-refractivity contribution in [2.24, 2.45) is 0 Å². The van der Waals surface area contributed by atoms with Crippen LogP contribution in [0.25, 0.3) is 5.70 Å². The van der Waals surface area contributed by atoms with E-state index in [1.54, 1.807) is 0 Å². The zero-order chi connectivity index (χ0) is 14.1. The van der Waals surface area contributed by atoms with Crippen molar-refractivity contribution in [1.82, 2.24) is 5.48 Å². The Morgan fingerprint density at radius 2 is 2.00 bits per heavy atom. The summed E-state index contributed by atoms with van der Waals surface area (Å²) in [7, 11) is 1.35. The summed E-state index contributed by atoms with van der Waals surface area (Å²) < 4.78 is 4.64. The maximum Gasteiger partial charge on any atom is 0.332 e. The van der Waals surface area contributed by atoms with Crippen molar-refractivity contribution in [3.05, 3.63) is 41.5 Å². The SMILES string of the molecule is CCCCON/C(=C\C(=O)OC)c1ccc(C)cc1. The van der Waals surface area contributed by atoms with E-state index in [0.29, 0.717) is 12.3 Å². The number of hydrogen-bond acceptors (Lipinski definition) is 4. The minimum atomic E-state index is -0.415. The van der Waals surface area contributed by atoms with E-state index in [1.807, 2.05) is 31.2 Å². The fourth-order valence-corrected chi connectivity index (χ4v) is 1.43. The van der Waals surface area contributed by atoms with Gasteiger partial charge in [0.15, 0.2) is 0 Å². The molecule has 0 aromatic heterocycles. The van der Waals surface area contributed by atoms with Gasteiger partial charge >= 0.3 is 5.97 Å². The topological polar surface area (TPSA) is 47.6 Å². The molecule has 0 atom stereocenters. The van der Waals surface area contributed by atoms with Crippen LogP contribution in [-0.2, 0) is 14.4 Å². The number of methoxy groups -OCH3 is 1. The van der Waals surface area contributed by atoms with Crippen molar-refractivity contribution in [2.45, 2.75) is 26.7 Å². The number of benzene rings is 1. The van der Waals surface area contributed by atoms with Crippen LogP contribution in [-0.4, -0.2) is 19.7 Å². The van der Waals surface area contributed by atoms with Gasteiger partial charge in [-0.25, -0.2) is 4.79 Å². The molecule has 0 heterocycles. The molecule has 0 radical (unpaired) electrons. The molecule has 1 aromatic rings. The van der Waals surface area contributed by atoms with E-state index in [1.165, 1.54) is 13.2 Å². The molecular weight excluding hydrogens is 242 g/mol. The van der Waals surface area contributed by atoms with Crippen molar-refractivity contribution in [3.8, 4) is 0 Å². The van der Waals surface area contributed by atoms with Gasteiger partial charge in [0.25, 0.3) is 0 Å². The molecule has 4 nitrogen and oxygen atoms in total. The van der Waals surface area contributed by atoms with Crippen molar-refractivity contribution in [3.63, 3.8) is 0 Å². The van der Waals surface area contributed by atoms with E-state index in [2.05, 4.69) is 17.1 Å². The van der Waals surface area contributed by atoms with Crippen LogP contribution in [0.15, 0.2) is 30.3 Å². The molecule has 0 saturated heterocycles. The molecule has 1 aromatic carbocycles. The number of carbonyl (C=O) groups excluding carboxylic acids is 1. The van der Waals surface area contributed by atoms with Gasteiger partial charge in [0.05, 0.1) is 19.4 Å². The first-order chi connectivity index (χ1) is 9.17. The van der Waals surface area contributed by atoms with Crippen LogP contribution in [0.5, 0.6) is 0 Å². The largest absolute Gasteiger partial charge is 0.466 e. The summed E-state index contributed by atoms with van der Waals surface area (Å²) in [5, 5.41) is 0. The van der Waals surface area contributed by atoms with E-state index in [0.717, 1.165) is 24.0 Å². The highest BCUT2D eigenvalue weighted by molar-refractivity contribution is 5.90. The number of hydrogen-bond donors (Lipinski definition) is 1. The number of unbranched alkanes of at least 4 members (excludes halogenated alkanes) is 1. The summed E-state index contributed by atoms with van der Waals surface area (Å²) in [4.78, 5) is 16.7. The maximum atomic E-state index is 11.4. The Kier molecular flexibility index (Phi) is 6.68. The highest BCUT2D eigenvalue weighted by atomic mass is 16.6. The van der Waals surface area contributed by atoms with Crippen LogP contribution in [0, 0.1) is 6.92 Å². The average Bonchev–Trinajstić information content (AvgIpc) is 2.43. The van der Waals surface area contributed by atoms with Crippen molar-refractivity contribution in [1.29, 1.82) is 0 Å². The molecule has 0 bridgehead atoms. The second kappa shape index (κ2) is 8.32. The van der Waals surface area contributed by atoms with Gasteiger partial charge in [0.2, 0.25) is 0 Å². The second-order valence-electron chi connectivity index (χ2n) is 4.25. The lowest BCUT2D eigenvalue weighted by Crippen LogP contribution is -2.15. The standard InChI is InChI=1S/C15H21NO3/c1-4-5-10-19-16-14(11-15(17)18-3)13-8-6-12(2)7-9-13/h6-9,11,16H,4-5,10H2,1-3H3/b14-11-.